The van der Waals surface area contributed by atoms with Gasteiger partial charge in [-0.2, -0.15) is 4.98 Å². The van der Waals surface area contributed by atoms with Crippen LogP contribution in [0.1, 0.15) is 11.1 Å². The van der Waals surface area contributed by atoms with Crippen LogP contribution in [-0.4, -0.2) is 25.7 Å². The van der Waals surface area contributed by atoms with E-state index in [-0.39, 0.29) is 17.5 Å². The number of aromatic nitrogens is 4. The zero-order valence-corrected chi connectivity index (χ0v) is 19.1. The van der Waals surface area contributed by atoms with Gasteiger partial charge in [-0.1, -0.05) is 23.4 Å². The minimum absolute atomic E-state index is 0.257. The van der Waals surface area contributed by atoms with Crippen LogP contribution in [0.2, 0.25) is 0 Å². The first kappa shape index (κ1) is 22.9. The molecular weight excluding hydrogens is 466 g/mol. The van der Waals surface area contributed by atoms with Gasteiger partial charge < -0.3 is 19.7 Å². The number of urea groups is 1. The van der Waals surface area contributed by atoms with E-state index in [0.29, 0.717) is 40.6 Å². The van der Waals surface area contributed by atoms with E-state index in [0.717, 1.165) is 5.56 Å². The van der Waals surface area contributed by atoms with Crippen LogP contribution in [0, 0.1) is 18.6 Å². The molecule has 2 heterocycles. The second-order valence-electron chi connectivity index (χ2n) is 8.10. The van der Waals surface area contributed by atoms with Gasteiger partial charge in [0, 0.05) is 29.7 Å². The molecule has 0 aliphatic heterocycles. The summed E-state index contributed by atoms with van der Waals surface area (Å²) < 4.78 is 34.0. The van der Waals surface area contributed by atoms with Gasteiger partial charge in [0.15, 0.2) is 0 Å². The summed E-state index contributed by atoms with van der Waals surface area (Å²) in [7, 11) is 0. The number of amides is 2. The SMILES string of the molecule is Cc1ccc(NC(=O)Nc2ccc(Cn3cnc(-c4nc(-c5ccc(F)cc5)no4)c3)cc2)cc1F. The fourth-order valence-electron chi connectivity index (χ4n) is 3.47. The topological polar surface area (TPSA) is 97.9 Å². The molecule has 2 amide bonds. The Kier molecular flexibility index (Phi) is 6.23. The maximum absolute atomic E-state index is 13.7. The number of rotatable bonds is 6. The summed E-state index contributed by atoms with van der Waals surface area (Å²) in [6.45, 7) is 2.18. The summed E-state index contributed by atoms with van der Waals surface area (Å²) in [6, 6.07) is 17.2. The molecule has 2 aromatic heterocycles. The highest BCUT2D eigenvalue weighted by Crippen LogP contribution is 2.22. The smallest absolute Gasteiger partial charge is 0.323 e. The molecule has 8 nitrogen and oxygen atoms in total. The molecule has 10 heteroatoms. The molecule has 0 spiro atoms. The predicted octanol–water partition coefficient (Wildman–Crippen LogP) is 5.88. The number of carbonyl (C=O) groups is 1. The molecule has 0 atom stereocenters. The normalized spacial score (nSPS) is 10.9. The number of carbonyl (C=O) groups excluding carboxylic acids is 1. The number of imidazole rings is 1. The highest BCUT2D eigenvalue weighted by molar-refractivity contribution is 5.99. The van der Waals surface area contributed by atoms with Crippen LogP contribution in [0.4, 0.5) is 25.0 Å². The van der Waals surface area contributed by atoms with Crippen LogP contribution < -0.4 is 10.6 Å². The lowest BCUT2D eigenvalue weighted by molar-refractivity contribution is 0.262. The van der Waals surface area contributed by atoms with Crippen molar-refractivity contribution >= 4 is 17.4 Å². The quantitative estimate of drug-likeness (QED) is 0.312. The summed E-state index contributed by atoms with van der Waals surface area (Å²) >= 11 is 0. The Morgan fingerprint density at radius 1 is 0.972 bits per heavy atom. The van der Waals surface area contributed by atoms with Gasteiger partial charge in [0.2, 0.25) is 5.82 Å². The number of nitrogens with one attached hydrogen (secondary N) is 2. The van der Waals surface area contributed by atoms with Gasteiger partial charge in [0.25, 0.3) is 5.89 Å². The summed E-state index contributed by atoms with van der Waals surface area (Å²) in [4.78, 5) is 20.9. The molecule has 36 heavy (non-hydrogen) atoms. The van der Waals surface area contributed by atoms with Gasteiger partial charge in [-0.25, -0.2) is 18.6 Å². The first-order valence-electron chi connectivity index (χ1n) is 11.0. The fraction of sp³-hybridized carbons (Fsp3) is 0.0769. The molecule has 180 valence electrons. The molecule has 5 rings (SSSR count). The van der Waals surface area contributed by atoms with E-state index < -0.39 is 6.03 Å². The summed E-state index contributed by atoms with van der Waals surface area (Å²) in [6.07, 6.45) is 3.43. The van der Waals surface area contributed by atoms with Gasteiger partial charge >= 0.3 is 6.03 Å². The van der Waals surface area contributed by atoms with Gasteiger partial charge in [0.05, 0.1) is 6.33 Å². The monoisotopic (exact) mass is 486 g/mol. The first-order valence-corrected chi connectivity index (χ1v) is 11.0. The maximum Gasteiger partial charge on any atom is 0.323 e. The fourth-order valence-corrected chi connectivity index (χ4v) is 3.47. The molecule has 0 bridgehead atoms. The summed E-state index contributed by atoms with van der Waals surface area (Å²) in [5.74, 6) is -0.120. The molecule has 0 aliphatic carbocycles. The van der Waals surface area contributed by atoms with Crippen molar-refractivity contribution in [3.8, 4) is 23.0 Å². The van der Waals surface area contributed by atoms with Crippen LogP contribution in [-0.2, 0) is 6.54 Å². The molecule has 3 aromatic carbocycles. The Balaban J connectivity index is 1.19. The second-order valence-corrected chi connectivity index (χ2v) is 8.10. The van der Waals surface area contributed by atoms with E-state index in [1.807, 2.05) is 16.7 Å². The average Bonchev–Trinajstić information content (AvgIpc) is 3.53. The van der Waals surface area contributed by atoms with E-state index in [1.165, 1.54) is 18.2 Å². The molecular formula is C26H20F2N6O2. The van der Waals surface area contributed by atoms with Gasteiger partial charge in [-0.05, 0) is 66.6 Å². The molecule has 0 saturated heterocycles. The van der Waals surface area contributed by atoms with Gasteiger partial charge in [0.1, 0.15) is 17.3 Å². The molecule has 0 saturated carbocycles. The third-order valence-corrected chi connectivity index (χ3v) is 5.39. The number of aryl methyl sites for hydroxylation is 1. The number of benzene rings is 3. The Morgan fingerprint density at radius 2 is 1.69 bits per heavy atom. The number of hydrogen-bond acceptors (Lipinski definition) is 5. The predicted molar refractivity (Wildman–Crippen MR) is 130 cm³/mol. The summed E-state index contributed by atoms with van der Waals surface area (Å²) in [5, 5.41) is 9.26. The zero-order valence-electron chi connectivity index (χ0n) is 19.1. The van der Waals surface area contributed by atoms with E-state index >= 15 is 0 Å². The van der Waals surface area contributed by atoms with E-state index in [9.17, 15) is 13.6 Å². The van der Waals surface area contributed by atoms with Crippen LogP contribution in [0.15, 0.2) is 83.8 Å². The van der Waals surface area contributed by atoms with Crippen molar-refractivity contribution in [1.82, 2.24) is 19.7 Å². The standard InChI is InChI=1S/C26H20F2N6O2/c1-16-2-9-21(12-22(16)28)31-26(35)30-20-10-3-17(4-11-20)13-34-14-23(29-15-34)25-32-24(33-36-25)18-5-7-19(27)8-6-18/h2-12,14-15H,13H2,1H3,(H2,30,31,35). The van der Waals surface area contributed by atoms with Crippen LogP contribution in [0.5, 0.6) is 0 Å². The van der Waals surface area contributed by atoms with Crippen molar-refractivity contribution in [2.75, 3.05) is 10.6 Å². The largest absolute Gasteiger partial charge is 0.332 e. The molecule has 5 aromatic rings. The number of anilines is 2. The lowest BCUT2D eigenvalue weighted by Crippen LogP contribution is -2.19. The number of nitrogens with zero attached hydrogens (tertiary/aromatic N) is 4. The van der Waals surface area contributed by atoms with Crippen molar-refractivity contribution < 1.29 is 18.1 Å². The van der Waals surface area contributed by atoms with E-state index in [4.69, 9.17) is 4.52 Å². The average molecular weight is 486 g/mol. The highest BCUT2D eigenvalue weighted by Gasteiger charge is 2.13. The Hall–Kier alpha value is -4.86. The van der Waals surface area contributed by atoms with Gasteiger partial charge in [-0.15, -0.1) is 0 Å². The second kappa shape index (κ2) is 9.79. The first-order chi connectivity index (χ1) is 17.4. The van der Waals surface area contributed by atoms with Crippen LogP contribution in [0.25, 0.3) is 23.0 Å². The Morgan fingerprint density at radius 3 is 2.44 bits per heavy atom. The van der Waals surface area contributed by atoms with Crippen LogP contribution in [0.3, 0.4) is 0 Å². The Labute approximate surface area is 204 Å². The molecule has 2 N–H and O–H groups in total. The highest BCUT2D eigenvalue weighted by atomic mass is 19.1. The van der Waals surface area contributed by atoms with Crippen molar-refractivity contribution in [3.63, 3.8) is 0 Å². The van der Waals surface area contributed by atoms with Crippen molar-refractivity contribution in [2.24, 2.45) is 0 Å². The van der Waals surface area contributed by atoms with Crippen LogP contribution >= 0.6 is 0 Å². The summed E-state index contributed by atoms with van der Waals surface area (Å²) in [5.41, 5.74) is 3.59. The minimum Gasteiger partial charge on any atom is -0.332 e. The lowest BCUT2D eigenvalue weighted by Gasteiger charge is -2.09. The van der Waals surface area contributed by atoms with E-state index in [1.54, 1.807) is 55.8 Å². The molecule has 0 fully saturated rings. The third-order valence-electron chi connectivity index (χ3n) is 5.39. The van der Waals surface area contributed by atoms with Crippen molar-refractivity contribution in [1.29, 1.82) is 0 Å². The molecule has 0 unspecified atom stereocenters. The lowest BCUT2D eigenvalue weighted by atomic mass is 10.2. The van der Waals surface area contributed by atoms with E-state index in [2.05, 4.69) is 25.8 Å². The molecule has 0 radical (unpaired) electrons. The number of hydrogen-bond donors (Lipinski definition) is 2. The third kappa shape index (κ3) is 5.27. The van der Waals surface area contributed by atoms with Gasteiger partial charge in [-0.3, -0.25) is 0 Å². The number of halogens is 2. The van der Waals surface area contributed by atoms with Crippen molar-refractivity contribution in [2.45, 2.75) is 13.5 Å². The minimum atomic E-state index is -0.468. The van der Waals surface area contributed by atoms with Crippen molar-refractivity contribution in [3.05, 3.63) is 102 Å². The Bertz CT molecular complexity index is 1510. The zero-order chi connectivity index (χ0) is 25.1. The molecule has 0 aliphatic rings. The maximum atomic E-state index is 13.7.